The highest BCUT2D eigenvalue weighted by atomic mass is 16.6. The van der Waals surface area contributed by atoms with E-state index in [0.717, 1.165) is 6.42 Å². The van der Waals surface area contributed by atoms with E-state index in [4.69, 9.17) is 4.74 Å². The maximum Gasteiger partial charge on any atom is 0.275 e. The third kappa shape index (κ3) is 4.60. The molecule has 0 amide bonds. The Morgan fingerprint density at radius 2 is 1.95 bits per heavy atom. The van der Waals surface area contributed by atoms with E-state index in [9.17, 15) is 15.2 Å². The maximum absolute atomic E-state index is 11.0. The molecule has 2 N–H and O–H groups in total. The van der Waals surface area contributed by atoms with Crippen LogP contribution in [0.25, 0.3) is 0 Å². The van der Waals surface area contributed by atoms with Crippen molar-refractivity contribution in [2.45, 2.75) is 45.6 Å². The number of nitro benzene ring substituents is 1. The quantitative estimate of drug-likeness (QED) is 0.539. The summed E-state index contributed by atoms with van der Waals surface area (Å²) in [6, 6.07) is 4.62. The van der Waals surface area contributed by atoms with Crippen LogP contribution in [0.4, 0.5) is 11.4 Å². The molecule has 0 aliphatic rings. The van der Waals surface area contributed by atoms with E-state index in [0.29, 0.717) is 30.9 Å². The second kappa shape index (κ2) is 7.83. The summed E-state index contributed by atoms with van der Waals surface area (Å²) in [5.74, 6) is 0.465. The van der Waals surface area contributed by atoms with Crippen molar-refractivity contribution in [3.63, 3.8) is 0 Å². The highest BCUT2D eigenvalue weighted by Crippen LogP contribution is 2.29. The summed E-state index contributed by atoms with van der Waals surface area (Å²) in [6.07, 6.45) is 2.26. The minimum atomic E-state index is -0.475. The normalized spacial score (nSPS) is 11.2. The summed E-state index contributed by atoms with van der Waals surface area (Å²) < 4.78 is 5.50. The molecule has 0 aliphatic carbocycles. The number of aliphatic hydroxyl groups is 1. The van der Waals surface area contributed by atoms with Crippen molar-refractivity contribution >= 4 is 11.4 Å². The number of rotatable bonds is 9. The fraction of sp³-hybridized carbons (Fsp3) is 0.600. The van der Waals surface area contributed by atoms with Crippen LogP contribution in [-0.4, -0.2) is 28.8 Å². The van der Waals surface area contributed by atoms with Gasteiger partial charge in [-0.2, -0.15) is 0 Å². The van der Waals surface area contributed by atoms with Crippen LogP contribution in [0.15, 0.2) is 18.2 Å². The fourth-order valence-corrected chi connectivity index (χ4v) is 2.06. The van der Waals surface area contributed by atoms with E-state index in [-0.39, 0.29) is 12.3 Å². The average molecular weight is 296 g/mol. The van der Waals surface area contributed by atoms with Gasteiger partial charge in [-0.15, -0.1) is 0 Å². The second-order valence-corrected chi connectivity index (χ2v) is 5.09. The third-order valence-electron chi connectivity index (χ3n) is 3.64. The van der Waals surface area contributed by atoms with Crippen molar-refractivity contribution in [3.05, 3.63) is 28.3 Å². The molecule has 1 rings (SSSR count). The van der Waals surface area contributed by atoms with Gasteiger partial charge in [0.2, 0.25) is 0 Å². The fourth-order valence-electron chi connectivity index (χ4n) is 2.06. The van der Waals surface area contributed by atoms with E-state index < -0.39 is 10.5 Å². The topological polar surface area (TPSA) is 84.6 Å². The molecule has 1 aromatic rings. The molecule has 6 heteroatoms. The van der Waals surface area contributed by atoms with Gasteiger partial charge in [0.05, 0.1) is 29.7 Å². The Hall–Kier alpha value is -1.82. The predicted molar refractivity (Wildman–Crippen MR) is 82.9 cm³/mol. The first-order valence-electron chi connectivity index (χ1n) is 7.31. The summed E-state index contributed by atoms with van der Waals surface area (Å²) in [5, 5.41) is 23.8. The zero-order chi connectivity index (χ0) is 15.9. The van der Waals surface area contributed by atoms with Crippen molar-refractivity contribution in [3.8, 4) is 5.75 Å². The van der Waals surface area contributed by atoms with Crippen molar-refractivity contribution in [2.24, 2.45) is 0 Å². The number of benzene rings is 1. The Labute approximate surface area is 125 Å². The summed E-state index contributed by atoms with van der Waals surface area (Å²) >= 11 is 0. The van der Waals surface area contributed by atoms with Gasteiger partial charge in [-0.05, 0) is 19.3 Å². The number of nitrogens with one attached hydrogen (secondary N) is 1. The first-order valence-corrected chi connectivity index (χ1v) is 7.31. The van der Waals surface area contributed by atoms with Gasteiger partial charge < -0.3 is 15.2 Å². The first kappa shape index (κ1) is 17.2. The molecule has 0 radical (unpaired) electrons. The van der Waals surface area contributed by atoms with Crippen LogP contribution in [0.5, 0.6) is 5.75 Å². The molecule has 6 nitrogen and oxygen atoms in total. The molecule has 1 aromatic carbocycles. The summed E-state index contributed by atoms with van der Waals surface area (Å²) in [7, 11) is 0. The lowest BCUT2D eigenvalue weighted by Crippen LogP contribution is -2.40. The molecular weight excluding hydrogens is 272 g/mol. The van der Waals surface area contributed by atoms with Crippen LogP contribution in [-0.2, 0) is 0 Å². The lowest BCUT2D eigenvalue weighted by molar-refractivity contribution is -0.384. The number of anilines is 1. The van der Waals surface area contributed by atoms with E-state index in [1.54, 1.807) is 6.07 Å². The Kier molecular flexibility index (Phi) is 6.42. The molecule has 0 saturated heterocycles. The van der Waals surface area contributed by atoms with Crippen LogP contribution in [0, 0.1) is 10.1 Å². The second-order valence-electron chi connectivity index (χ2n) is 5.09. The minimum Gasteiger partial charge on any atom is -0.493 e. The molecule has 118 valence electrons. The summed E-state index contributed by atoms with van der Waals surface area (Å²) in [6.45, 7) is 6.39. The number of aliphatic hydroxyl groups excluding tert-OH is 1. The van der Waals surface area contributed by atoms with Gasteiger partial charge in [-0.3, -0.25) is 10.1 Å². The summed E-state index contributed by atoms with van der Waals surface area (Å²) in [5.41, 5.74) is 0.0928. The van der Waals surface area contributed by atoms with Crippen LogP contribution in [0.1, 0.15) is 40.0 Å². The van der Waals surface area contributed by atoms with Gasteiger partial charge in [-0.1, -0.05) is 20.8 Å². The molecule has 0 spiro atoms. The van der Waals surface area contributed by atoms with Crippen LogP contribution >= 0.6 is 0 Å². The molecule has 0 aromatic heterocycles. The third-order valence-corrected chi connectivity index (χ3v) is 3.64. The smallest absolute Gasteiger partial charge is 0.275 e. The van der Waals surface area contributed by atoms with E-state index in [2.05, 4.69) is 5.32 Å². The van der Waals surface area contributed by atoms with Gasteiger partial charge in [-0.25, -0.2) is 0 Å². The van der Waals surface area contributed by atoms with Crippen LogP contribution in [0.3, 0.4) is 0 Å². The molecule has 0 heterocycles. The zero-order valence-electron chi connectivity index (χ0n) is 12.9. The van der Waals surface area contributed by atoms with Crippen molar-refractivity contribution in [1.82, 2.24) is 0 Å². The Bertz CT molecular complexity index is 464. The Morgan fingerprint density at radius 1 is 1.29 bits per heavy atom. The Morgan fingerprint density at radius 3 is 2.43 bits per heavy atom. The average Bonchev–Trinajstić information content (AvgIpc) is 2.50. The molecule has 21 heavy (non-hydrogen) atoms. The zero-order valence-corrected chi connectivity index (χ0v) is 12.9. The predicted octanol–water partition coefficient (Wildman–Crippen LogP) is 3.35. The monoisotopic (exact) mass is 296 g/mol. The number of ether oxygens (including phenoxy) is 1. The highest BCUT2D eigenvalue weighted by Gasteiger charge is 2.25. The highest BCUT2D eigenvalue weighted by molar-refractivity contribution is 5.57. The number of nitrogens with zero attached hydrogens (tertiary/aromatic N) is 1. The molecular formula is C15H24N2O4. The van der Waals surface area contributed by atoms with E-state index in [1.165, 1.54) is 12.1 Å². The van der Waals surface area contributed by atoms with Crippen LogP contribution < -0.4 is 10.1 Å². The minimum absolute atomic E-state index is 0.0230. The standard InChI is InChI=1S/C15H24N2O4/c1-4-7-21-14-9-12(8-13(10-14)17(19)20)16-15(5-2,6-3)11-18/h8-10,16,18H,4-7,11H2,1-3H3. The SMILES string of the molecule is CCCOc1cc(NC(CC)(CC)CO)cc([N+](=O)[O-])c1. The molecule has 0 unspecified atom stereocenters. The molecule has 0 aliphatic heterocycles. The number of hydrogen-bond donors (Lipinski definition) is 2. The maximum atomic E-state index is 11.0. The largest absolute Gasteiger partial charge is 0.493 e. The number of nitro groups is 1. The van der Waals surface area contributed by atoms with Gasteiger partial charge in [0.15, 0.2) is 0 Å². The van der Waals surface area contributed by atoms with E-state index >= 15 is 0 Å². The van der Waals surface area contributed by atoms with Gasteiger partial charge in [0, 0.05) is 17.8 Å². The van der Waals surface area contributed by atoms with Gasteiger partial charge >= 0.3 is 0 Å². The number of non-ortho nitro benzene ring substituents is 1. The van der Waals surface area contributed by atoms with Crippen molar-refractivity contribution in [1.29, 1.82) is 0 Å². The number of hydrogen-bond acceptors (Lipinski definition) is 5. The van der Waals surface area contributed by atoms with Crippen molar-refractivity contribution in [2.75, 3.05) is 18.5 Å². The molecule has 0 atom stereocenters. The van der Waals surface area contributed by atoms with Gasteiger partial charge in [0.1, 0.15) is 5.75 Å². The first-order chi connectivity index (χ1) is 10.00. The van der Waals surface area contributed by atoms with E-state index in [1.807, 2.05) is 20.8 Å². The molecule has 0 bridgehead atoms. The molecule has 0 saturated carbocycles. The Balaban J connectivity index is 3.09. The van der Waals surface area contributed by atoms with Crippen molar-refractivity contribution < 1.29 is 14.8 Å². The lowest BCUT2D eigenvalue weighted by Gasteiger charge is -2.32. The summed E-state index contributed by atoms with van der Waals surface area (Å²) in [4.78, 5) is 10.6. The van der Waals surface area contributed by atoms with Crippen LogP contribution in [0.2, 0.25) is 0 Å². The lowest BCUT2D eigenvalue weighted by atomic mass is 9.93. The molecule has 0 fully saturated rings. The van der Waals surface area contributed by atoms with Gasteiger partial charge in [0.25, 0.3) is 5.69 Å².